The summed E-state index contributed by atoms with van der Waals surface area (Å²) in [5, 5.41) is 58.4. The van der Waals surface area contributed by atoms with Crippen LogP contribution in [0.3, 0.4) is 0 Å². The highest BCUT2D eigenvalue weighted by atomic mass is 16.8. The molecule has 1 aliphatic carbocycles. The number of piperidine rings is 1. The third kappa shape index (κ3) is 7.51. The van der Waals surface area contributed by atoms with Gasteiger partial charge in [0.15, 0.2) is 12.6 Å². The van der Waals surface area contributed by atoms with Crippen molar-refractivity contribution in [1.82, 2.24) is 10.6 Å². The van der Waals surface area contributed by atoms with Crippen LogP contribution in [0.4, 0.5) is 0 Å². The van der Waals surface area contributed by atoms with Gasteiger partial charge >= 0.3 is 0 Å². The number of carbonyl (C=O) groups is 1. The molecule has 1 amide bonds. The molecule has 1 saturated carbocycles. The molecule has 3 aliphatic heterocycles. The van der Waals surface area contributed by atoms with Gasteiger partial charge in [0.25, 0.3) is 0 Å². The van der Waals surface area contributed by atoms with E-state index in [9.17, 15) is 30.3 Å². The molecule has 3 heterocycles. The quantitative estimate of drug-likeness (QED) is 0.0990. The molecule has 15 atom stereocenters. The van der Waals surface area contributed by atoms with Crippen molar-refractivity contribution in [1.29, 1.82) is 0 Å². The molecule has 238 valence electrons. The minimum atomic E-state index is -1.49. The van der Waals surface area contributed by atoms with E-state index in [0.717, 1.165) is 0 Å². The van der Waals surface area contributed by atoms with Crippen molar-refractivity contribution in [2.75, 3.05) is 32.8 Å². The second kappa shape index (κ2) is 14.6. The van der Waals surface area contributed by atoms with Crippen LogP contribution in [0.2, 0.25) is 0 Å². The molecule has 41 heavy (non-hydrogen) atoms. The zero-order valence-electron chi connectivity index (χ0n) is 22.8. The molecule has 1 unspecified atom stereocenters. The van der Waals surface area contributed by atoms with Crippen molar-refractivity contribution in [2.24, 2.45) is 22.9 Å². The molecule has 0 radical (unpaired) electrons. The monoisotopic (exact) mass is 594 g/mol. The fourth-order valence-corrected chi connectivity index (χ4v) is 5.72. The van der Waals surface area contributed by atoms with E-state index in [1.54, 1.807) is 0 Å². The molecule has 0 spiro atoms. The summed E-state index contributed by atoms with van der Waals surface area (Å²) in [4.78, 5) is 11.4. The third-order valence-corrected chi connectivity index (χ3v) is 8.21. The Bertz CT molecular complexity index is 838. The summed E-state index contributed by atoms with van der Waals surface area (Å²) in [6.45, 7) is 0.496. The maximum Gasteiger partial charge on any atom is 0.220 e. The van der Waals surface area contributed by atoms with Gasteiger partial charge < -0.3 is 82.8 Å². The van der Waals surface area contributed by atoms with E-state index in [4.69, 9.17) is 46.6 Å². The molecule has 3 saturated heterocycles. The van der Waals surface area contributed by atoms with Gasteiger partial charge in [-0.3, -0.25) is 4.79 Å². The van der Waals surface area contributed by atoms with Crippen molar-refractivity contribution < 1.29 is 54.0 Å². The lowest BCUT2D eigenvalue weighted by atomic mass is 9.84. The molecule has 17 nitrogen and oxygen atoms in total. The smallest absolute Gasteiger partial charge is 0.220 e. The molecule has 15 N–H and O–H groups in total. The third-order valence-electron chi connectivity index (χ3n) is 8.21. The number of hydrogen-bond acceptors (Lipinski definition) is 16. The van der Waals surface area contributed by atoms with Gasteiger partial charge in [0, 0.05) is 44.2 Å². The van der Waals surface area contributed by atoms with Crippen LogP contribution in [0.1, 0.15) is 19.3 Å². The number of nitrogens with one attached hydrogen (secondary N) is 2. The molecule has 0 aromatic rings. The van der Waals surface area contributed by atoms with Crippen LogP contribution in [0.5, 0.6) is 0 Å². The molecular formula is C24H46N6O11. The lowest BCUT2D eigenvalue weighted by Crippen LogP contribution is -2.64. The Hall–Kier alpha value is -1.13. The van der Waals surface area contributed by atoms with Gasteiger partial charge in [-0.25, -0.2) is 0 Å². The first-order chi connectivity index (χ1) is 19.5. The topological polar surface area (TPSA) is 293 Å². The van der Waals surface area contributed by atoms with Gasteiger partial charge in [0.05, 0.1) is 25.4 Å². The van der Waals surface area contributed by atoms with Crippen LogP contribution in [0, 0.1) is 0 Å². The normalized spacial score (nSPS) is 47.3. The molecule has 4 aliphatic rings. The summed E-state index contributed by atoms with van der Waals surface area (Å²) in [7, 11) is 0. The molecule has 0 aromatic heterocycles. The Balaban J connectivity index is 1.37. The SMILES string of the molecule is NC[C@@H]1O[C@H](O[C@H]2[C@@H](O)[C@H](O[C@@H]3[C@@H](O)[C@H](N)C[C@H](N)[C@H]3OCCNC3CCC(=O)NC3)O[C@@H]2CO)[C@H](N)[C@@H](O)[C@@H]1O. The number of nitrogens with two attached hydrogens (primary N) is 4. The number of carbonyl (C=O) groups excluding carboxylic acids is 1. The van der Waals surface area contributed by atoms with Gasteiger partial charge in [-0.15, -0.1) is 0 Å². The zero-order valence-corrected chi connectivity index (χ0v) is 22.8. The van der Waals surface area contributed by atoms with E-state index in [2.05, 4.69) is 10.6 Å². The van der Waals surface area contributed by atoms with Gasteiger partial charge in [-0.2, -0.15) is 0 Å². The van der Waals surface area contributed by atoms with Crippen LogP contribution in [-0.4, -0.2) is 156 Å². The highest BCUT2D eigenvalue weighted by Gasteiger charge is 2.53. The van der Waals surface area contributed by atoms with Crippen molar-refractivity contribution in [3.8, 4) is 0 Å². The van der Waals surface area contributed by atoms with E-state index in [1.807, 2.05) is 0 Å². The highest BCUT2D eigenvalue weighted by Crippen LogP contribution is 2.33. The first kappa shape index (κ1) is 32.8. The summed E-state index contributed by atoms with van der Waals surface area (Å²) < 4.78 is 29.2. The molecule has 0 aromatic carbocycles. The van der Waals surface area contributed by atoms with Crippen molar-refractivity contribution in [2.45, 2.75) is 111 Å². The number of hydrogen-bond donors (Lipinski definition) is 11. The second-order valence-electron chi connectivity index (χ2n) is 11.1. The average Bonchev–Trinajstić information content (AvgIpc) is 3.25. The number of aliphatic hydroxyl groups excluding tert-OH is 5. The summed E-state index contributed by atoms with van der Waals surface area (Å²) in [6, 6.07) is -2.40. The maximum atomic E-state index is 11.4. The van der Waals surface area contributed by atoms with Crippen molar-refractivity contribution in [3.63, 3.8) is 0 Å². The first-order valence-corrected chi connectivity index (χ1v) is 14.1. The minimum Gasteiger partial charge on any atom is -0.394 e. The predicted octanol–water partition coefficient (Wildman–Crippen LogP) is -6.76. The molecular weight excluding hydrogens is 548 g/mol. The fraction of sp³-hybridized carbons (Fsp3) is 0.958. The largest absolute Gasteiger partial charge is 0.394 e. The minimum absolute atomic E-state index is 0.0236. The molecule has 4 rings (SSSR count). The van der Waals surface area contributed by atoms with Crippen LogP contribution in [0.25, 0.3) is 0 Å². The maximum absolute atomic E-state index is 11.4. The Morgan fingerprint density at radius 1 is 0.902 bits per heavy atom. The highest BCUT2D eigenvalue weighted by molar-refractivity contribution is 5.76. The number of amides is 1. The predicted molar refractivity (Wildman–Crippen MR) is 140 cm³/mol. The lowest BCUT2D eigenvalue weighted by Gasteiger charge is -2.43. The number of aliphatic hydroxyl groups is 5. The van der Waals surface area contributed by atoms with Crippen molar-refractivity contribution >= 4 is 5.91 Å². The van der Waals surface area contributed by atoms with Gasteiger partial charge in [-0.1, -0.05) is 0 Å². The Labute approximate surface area is 237 Å². The van der Waals surface area contributed by atoms with Crippen LogP contribution >= 0.6 is 0 Å². The van der Waals surface area contributed by atoms with E-state index in [0.29, 0.717) is 25.9 Å². The number of rotatable bonds is 11. The van der Waals surface area contributed by atoms with Gasteiger partial charge in [0.1, 0.15) is 48.8 Å². The van der Waals surface area contributed by atoms with Gasteiger partial charge in [-0.05, 0) is 12.8 Å². The zero-order chi connectivity index (χ0) is 29.8. The van der Waals surface area contributed by atoms with Crippen LogP contribution < -0.4 is 33.6 Å². The summed E-state index contributed by atoms with van der Waals surface area (Å²) in [6.07, 6.45) is -11.9. The van der Waals surface area contributed by atoms with E-state index < -0.39 is 92.2 Å². The lowest BCUT2D eigenvalue weighted by molar-refractivity contribution is -0.280. The van der Waals surface area contributed by atoms with Crippen LogP contribution in [-0.2, 0) is 28.5 Å². The van der Waals surface area contributed by atoms with Gasteiger partial charge in [0.2, 0.25) is 5.91 Å². The standard InChI is InChI=1S/C24H46N6O11/c25-6-12-17(34)18(35)15(28)23(38-12)40-21-13(8-31)39-24(19(21)36)41-22-16(33)10(26)5-11(27)20(22)37-4-3-29-9-1-2-14(32)30-7-9/h9-13,15-24,29,31,33-36H,1-8,25-28H2,(H,30,32)/t9?,10-,11+,12+,13-,15-,16+,17-,18-,19-,20-,21-,22-,23-,24+/m1/s1. The van der Waals surface area contributed by atoms with Crippen LogP contribution in [0.15, 0.2) is 0 Å². The molecule has 17 heteroatoms. The summed E-state index contributed by atoms with van der Waals surface area (Å²) in [5.74, 6) is 0.0236. The first-order valence-electron chi connectivity index (χ1n) is 14.1. The van der Waals surface area contributed by atoms with E-state index in [-0.39, 0.29) is 31.5 Å². The van der Waals surface area contributed by atoms with E-state index >= 15 is 0 Å². The number of ether oxygens (including phenoxy) is 5. The Kier molecular flexibility index (Phi) is 11.6. The second-order valence-corrected chi connectivity index (χ2v) is 11.1. The Morgan fingerprint density at radius 3 is 2.27 bits per heavy atom. The molecule has 0 bridgehead atoms. The summed E-state index contributed by atoms with van der Waals surface area (Å²) in [5.41, 5.74) is 24.0. The summed E-state index contributed by atoms with van der Waals surface area (Å²) >= 11 is 0. The molecule has 4 fully saturated rings. The van der Waals surface area contributed by atoms with E-state index in [1.165, 1.54) is 0 Å². The Morgan fingerprint density at radius 2 is 1.61 bits per heavy atom. The fourth-order valence-electron chi connectivity index (χ4n) is 5.72. The van der Waals surface area contributed by atoms with Crippen molar-refractivity contribution in [3.05, 3.63) is 0 Å². The average molecular weight is 595 g/mol.